The zero-order valence-corrected chi connectivity index (χ0v) is 18.3. The zero-order valence-electron chi connectivity index (χ0n) is 16.7. The summed E-state index contributed by atoms with van der Waals surface area (Å²) in [4.78, 5) is 26.1. The van der Waals surface area contributed by atoms with Crippen LogP contribution in [-0.2, 0) is 16.6 Å². The van der Waals surface area contributed by atoms with Gasteiger partial charge in [-0.3, -0.25) is 9.59 Å². The van der Waals surface area contributed by atoms with Crippen LogP contribution in [0.15, 0.2) is 60.2 Å². The molecule has 1 heterocycles. The molecule has 2 amide bonds. The maximum atomic E-state index is 13.1. The fraction of sp³-hybridized carbons (Fsp3) is 0.0870. The minimum atomic E-state index is -0.653. The van der Waals surface area contributed by atoms with Crippen molar-refractivity contribution in [2.75, 3.05) is 10.6 Å². The van der Waals surface area contributed by atoms with Crippen LogP contribution in [0.2, 0.25) is 10.0 Å². The molecule has 0 spiro atoms. The summed E-state index contributed by atoms with van der Waals surface area (Å²) in [6, 6.07) is 17.1. The molecular formula is C23H18Cl2N4O2. The monoisotopic (exact) mass is 452 g/mol. The van der Waals surface area contributed by atoms with Gasteiger partial charge in [0.15, 0.2) is 0 Å². The van der Waals surface area contributed by atoms with Crippen LogP contribution in [0.1, 0.15) is 17.0 Å². The van der Waals surface area contributed by atoms with Crippen LogP contribution in [-0.4, -0.2) is 16.4 Å². The Morgan fingerprint density at radius 3 is 1.87 bits per heavy atom. The van der Waals surface area contributed by atoms with Gasteiger partial charge >= 0.3 is 0 Å². The van der Waals surface area contributed by atoms with Gasteiger partial charge < -0.3 is 15.2 Å². The van der Waals surface area contributed by atoms with Crippen molar-refractivity contribution in [1.82, 2.24) is 4.57 Å². The second-order valence-corrected chi connectivity index (χ2v) is 7.48. The fourth-order valence-electron chi connectivity index (χ4n) is 2.87. The molecule has 0 saturated heterocycles. The van der Waals surface area contributed by atoms with E-state index in [0.29, 0.717) is 32.7 Å². The second-order valence-electron chi connectivity index (χ2n) is 6.67. The van der Waals surface area contributed by atoms with Crippen LogP contribution in [0, 0.1) is 18.3 Å². The lowest BCUT2D eigenvalue weighted by Gasteiger charge is -2.12. The number of hydrogen-bond acceptors (Lipinski definition) is 3. The summed E-state index contributed by atoms with van der Waals surface area (Å²) in [5, 5.41) is 15.3. The van der Waals surface area contributed by atoms with Crippen molar-refractivity contribution in [3.05, 3.63) is 87.2 Å². The van der Waals surface area contributed by atoms with E-state index in [1.165, 1.54) is 6.08 Å². The normalized spacial score (nSPS) is 10.2. The maximum absolute atomic E-state index is 13.1. The van der Waals surface area contributed by atoms with Crippen LogP contribution < -0.4 is 10.6 Å². The van der Waals surface area contributed by atoms with Gasteiger partial charge in [-0.1, -0.05) is 47.5 Å². The number of para-hydroxylation sites is 2. The first-order valence-electron chi connectivity index (χ1n) is 9.21. The quantitative estimate of drug-likeness (QED) is 0.317. The number of nitriles is 1. The van der Waals surface area contributed by atoms with Gasteiger partial charge in [0.25, 0.3) is 11.8 Å². The molecule has 0 aliphatic carbocycles. The second kappa shape index (κ2) is 9.52. The molecule has 2 aromatic carbocycles. The predicted octanol–water partition coefficient (Wildman–Crippen LogP) is 5.17. The van der Waals surface area contributed by atoms with Gasteiger partial charge in [-0.2, -0.15) is 5.26 Å². The number of halogens is 2. The minimum Gasteiger partial charge on any atom is -0.339 e. The van der Waals surface area contributed by atoms with E-state index in [0.717, 1.165) is 5.69 Å². The maximum Gasteiger partial charge on any atom is 0.261 e. The summed E-state index contributed by atoms with van der Waals surface area (Å²) >= 11 is 12.3. The van der Waals surface area contributed by atoms with Gasteiger partial charge in [0, 0.05) is 12.7 Å². The first kappa shape index (κ1) is 22.2. The third-order valence-electron chi connectivity index (χ3n) is 4.72. The molecule has 6 nitrogen and oxygen atoms in total. The highest BCUT2D eigenvalue weighted by Crippen LogP contribution is 2.25. The van der Waals surface area contributed by atoms with E-state index in [9.17, 15) is 14.9 Å². The Morgan fingerprint density at radius 2 is 1.45 bits per heavy atom. The lowest BCUT2D eigenvalue weighted by atomic mass is 10.1. The standard InChI is InChI=1S/C23H18Cl2N4O2/c1-14-15(11-16(13-26)29(14)2)12-17(22(30)27-20-9-5-3-7-18(20)24)23(31)28-21-10-6-4-8-19(21)25/h3-12H,1-2H3,(H,27,30)(H,28,31). The first-order chi connectivity index (χ1) is 14.8. The molecule has 0 atom stereocenters. The molecule has 3 rings (SSSR count). The van der Waals surface area contributed by atoms with E-state index in [-0.39, 0.29) is 5.57 Å². The number of amides is 2. The van der Waals surface area contributed by atoms with Gasteiger partial charge in [0.1, 0.15) is 17.3 Å². The van der Waals surface area contributed by atoms with Crippen LogP contribution in [0.3, 0.4) is 0 Å². The Morgan fingerprint density at radius 1 is 0.968 bits per heavy atom. The molecule has 0 saturated carbocycles. The Kier molecular flexibility index (Phi) is 6.81. The van der Waals surface area contributed by atoms with Crippen molar-refractivity contribution in [3.63, 3.8) is 0 Å². The summed E-state index contributed by atoms with van der Waals surface area (Å²) < 4.78 is 1.68. The Balaban J connectivity index is 2.02. The van der Waals surface area contributed by atoms with Crippen molar-refractivity contribution in [3.8, 4) is 6.07 Å². The SMILES string of the molecule is Cc1c(C=C(C(=O)Nc2ccccc2Cl)C(=O)Nc2ccccc2Cl)cc(C#N)n1C. The number of nitrogens with zero attached hydrogens (tertiary/aromatic N) is 2. The molecule has 0 aliphatic rings. The third-order valence-corrected chi connectivity index (χ3v) is 5.38. The van der Waals surface area contributed by atoms with Crippen molar-refractivity contribution in [2.45, 2.75) is 6.92 Å². The predicted molar refractivity (Wildman–Crippen MR) is 123 cm³/mol. The highest BCUT2D eigenvalue weighted by atomic mass is 35.5. The molecule has 0 radical (unpaired) electrons. The Labute approximate surface area is 189 Å². The van der Waals surface area contributed by atoms with Crippen LogP contribution in [0.25, 0.3) is 6.08 Å². The number of anilines is 2. The summed E-state index contributed by atoms with van der Waals surface area (Å²) in [5.74, 6) is -1.31. The van der Waals surface area contributed by atoms with Crippen LogP contribution in [0.5, 0.6) is 0 Å². The minimum absolute atomic E-state index is 0.168. The van der Waals surface area contributed by atoms with E-state index in [1.807, 2.05) is 0 Å². The molecule has 0 bridgehead atoms. The van der Waals surface area contributed by atoms with Gasteiger partial charge in [-0.25, -0.2) is 0 Å². The first-order valence-corrected chi connectivity index (χ1v) is 9.97. The zero-order chi connectivity index (χ0) is 22.5. The number of hydrogen-bond donors (Lipinski definition) is 2. The molecular weight excluding hydrogens is 435 g/mol. The molecule has 156 valence electrons. The molecule has 0 aliphatic heterocycles. The van der Waals surface area contributed by atoms with Crippen LogP contribution >= 0.6 is 23.2 Å². The number of nitrogens with one attached hydrogen (secondary N) is 2. The molecule has 2 N–H and O–H groups in total. The molecule has 3 aromatic rings. The van der Waals surface area contributed by atoms with E-state index < -0.39 is 11.8 Å². The van der Waals surface area contributed by atoms with E-state index in [1.54, 1.807) is 73.1 Å². The average molecular weight is 453 g/mol. The molecule has 1 aromatic heterocycles. The Hall–Kier alpha value is -3.53. The lowest BCUT2D eigenvalue weighted by molar-refractivity contribution is -0.118. The fourth-order valence-corrected chi connectivity index (χ4v) is 3.24. The number of aromatic nitrogens is 1. The highest BCUT2D eigenvalue weighted by Gasteiger charge is 2.21. The lowest BCUT2D eigenvalue weighted by Crippen LogP contribution is -2.25. The van der Waals surface area contributed by atoms with Gasteiger partial charge in [-0.05, 0) is 48.9 Å². The van der Waals surface area contributed by atoms with E-state index in [4.69, 9.17) is 23.2 Å². The summed E-state index contributed by atoms with van der Waals surface area (Å²) in [5.41, 5.74) is 2.27. The van der Waals surface area contributed by atoms with Crippen molar-refractivity contribution in [2.24, 2.45) is 7.05 Å². The van der Waals surface area contributed by atoms with Crippen LogP contribution in [0.4, 0.5) is 11.4 Å². The summed E-state index contributed by atoms with van der Waals surface area (Å²) in [6.45, 7) is 1.79. The summed E-state index contributed by atoms with van der Waals surface area (Å²) in [6.07, 6.45) is 1.44. The van der Waals surface area contributed by atoms with Crippen molar-refractivity contribution in [1.29, 1.82) is 5.26 Å². The average Bonchev–Trinajstić information content (AvgIpc) is 3.02. The van der Waals surface area contributed by atoms with Gasteiger partial charge in [0.2, 0.25) is 0 Å². The number of carbonyl (C=O) groups excluding carboxylic acids is 2. The number of carbonyl (C=O) groups is 2. The molecule has 0 fully saturated rings. The number of benzene rings is 2. The van der Waals surface area contributed by atoms with Crippen molar-refractivity contribution >= 4 is 52.5 Å². The van der Waals surface area contributed by atoms with Gasteiger partial charge in [0.05, 0.1) is 21.4 Å². The summed E-state index contributed by atoms with van der Waals surface area (Å²) in [7, 11) is 1.73. The van der Waals surface area contributed by atoms with E-state index >= 15 is 0 Å². The Bertz CT molecular complexity index is 1180. The van der Waals surface area contributed by atoms with Crippen molar-refractivity contribution < 1.29 is 9.59 Å². The molecule has 31 heavy (non-hydrogen) atoms. The smallest absolute Gasteiger partial charge is 0.261 e. The highest BCUT2D eigenvalue weighted by molar-refractivity contribution is 6.36. The molecule has 0 unspecified atom stereocenters. The largest absolute Gasteiger partial charge is 0.339 e. The van der Waals surface area contributed by atoms with E-state index in [2.05, 4.69) is 16.7 Å². The number of rotatable bonds is 5. The third kappa shape index (κ3) is 4.97. The topological polar surface area (TPSA) is 86.9 Å². The molecule has 8 heteroatoms. The van der Waals surface area contributed by atoms with Gasteiger partial charge in [-0.15, -0.1) is 0 Å².